The Morgan fingerprint density at radius 3 is 2.46 bits per heavy atom. The normalized spacial score (nSPS) is 20.0. The number of carbonyl (C=O) groups is 3. The van der Waals surface area contributed by atoms with Gasteiger partial charge in [0.25, 0.3) is 0 Å². The molecule has 1 unspecified atom stereocenters. The van der Waals surface area contributed by atoms with Crippen LogP contribution in [-0.4, -0.2) is 48.8 Å². The Bertz CT molecular complexity index is 686. The maximum absolute atomic E-state index is 12.8. The van der Waals surface area contributed by atoms with Gasteiger partial charge in [0.15, 0.2) is 0 Å². The van der Waals surface area contributed by atoms with Crippen molar-refractivity contribution in [3.8, 4) is 0 Å². The van der Waals surface area contributed by atoms with Gasteiger partial charge in [0, 0.05) is 38.2 Å². The molecule has 1 aliphatic carbocycles. The van der Waals surface area contributed by atoms with Crippen LogP contribution >= 0.6 is 0 Å². The smallest absolute Gasteiger partial charge is 0.242 e. The number of amides is 3. The fraction of sp³-hybridized carbons (Fsp3) is 0.591. The number of rotatable bonds is 6. The van der Waals surface area contributed by atoms with E-state index in [4.69, 9.17) is 0 Å². The molecule has 152 valence electrons. The number of nitrogens with zero attached hydrogens (tertiary/aromatic N) is 2. The Morgan fingerprint density at radius 1 is 1.04 bits per heavy atom. The number of hydrogen-bond acceptors (Lipinski definition) is 3. The quantitative estimate of drug-likeness (QED) is 0.819. The van der Waals surface area contributed by atoms with Crippen molar-refractivity contribution in [1.82, 2.24) is 10.2 Å². The molecular formula is C22H31N3O3. The van der Waals surface area contributed by atoms with Crippen LogP contribution in [0, 0.1) is 5.92 Å². The van der Waals surface area contributed by atoms with Gasteiger partial charge in [0.05, 0.1) is 0 Å². The highest BCUT2D eigenvalue weighted by Crippen LogP contribution is 2.28. The Labute approximate surface area is 167 Å². The molecule has 1 heterocycles. The minimum Gasteiger partial charge on any atom is -0.354 e. The van der Waals surface area contributed by atoms with Gasteiger partial charge in [-0.3, -0.25) is 14.4 Å². The molecule has 2 fully saturated rings. The Morgan fingerprint density at radius 2 is 1.75 bits per heavy atom. The number of nitrogens with one attached hydrogen (secondary N) is 1. The Kier molecular flexibility index (Phi) is 7.06. The largest absolute Gasteiger partial charge is 0.354 e. The zero-order valence-corrected chi connectivity index (χ0v) is 16.7. The van der Waals surface area contributed by atoms with E-state index in [1.807, 2.05) is 30.3 Å². The van der Waals surface area contributed by atoms with Gasteiger partial charge < -0.3 is 15.1 Å². The molecular weight excluding hydrogens is 354 g/mol. The summed E-state index contributed by atoms with van der Waals surface area (Å²) in [5.74, 6) is 0.0605. The summed E-state index contributed by atoms with van der Waals surface area (Å²) in [4.78, 5) is 41.2. The molecule has 2 aliphatic rings. The number of para-hydroxylation sites is 1. The standard InChI is InChI=1S/C22H31N3O3/c1-24(18-11-6-3-7-12-18)20(26)14-15-23-21(27)19-13-8-16-25(19)22(28)17-9-4-2-5-10-17/h3,6-7,11-12,17,19H,2,4-5,8-10,13-16H2,1H3,(H,23,27). The van der Waals surface area contributed by atoms with E-state index in [0.29, 0.717) is 13.0 Å². The highest BCUT2D eigenvalue weighted by molar-refractivity contribution is 5.93. The average molecular weight is 386 g/mol. The molecule has 28 heavy (non-hydrogen) atoms. The highest BCUT2D eigenvalue weighted by Gasteiger charge is 2.37. The highest BCUT2D eigenvalue weighted by atomic mass is 16.2. The van der Waals surface area contributed by atoms with Crippen molar-refractivity contribution >= 4 is 23.4 Å². The first-order valence-electron chi connectivity index (χ1n) is 10.5. The summed E-state index contributed by atoms with van der Waals surface area (Å²) in [7, 11) is 1.74. The number of anilines is 1. The molecule has 6 nitrogen and oxygen atoms in total. The van der Waals surface area contributed by atoms with Gasteiger partial charge in [-0.05, 0) is 37.8 Å². The lowest BCUT2D eigenvalue weighted by Gasteiger charge is -2.30. The first-order valence-corrected chi connectivity index (χ1v) is 10.5. The second-order valence-electron chi connectivity index (χ2n) is 7.85. The van der Waals surface area contributed by atoms with Crippen molar-refractivity contribution in [1.29, 1.82) is 0 Å². The average Bonchev–Trinajstić information content (AvgIpc) is 3.23. The van der Waals surface area contributed by atoms with Gasteiger partial charge in [0.1, 0.15) is 6.04 Å². The van der Waals surface area contributed by atoms with E-state index in [0.717, 1.165) is 37.8 Å². The lowest BCUT2D eigenvalue weighted by Crippen LogP contribution is -2.48. The molecule has 1 saturated carbocycles. The van der Waals surface area contributed by atoms with Crippen molar-refractivity contribution in [2.75, 3.05) is 25.0 Å². The van der Waals surface area contributed by atoms with E-state index in [2.05, 4.69) is 5.32 Å². The summed E-state index contributed by atoms with van der Waals surface area (Å²) in [6.45, 7) is 0.958. The van der Waals surface area contributed by atoms with E-state index < -0.39 is 0 Å². The van der Waals surface area contributed by atoms with Crippen LogP contribution in [0.3, 0.4) is 0 Å². The maximum Gasteiger partial charge on any atom is 0.242 e. The molecule has 1 saturated heterocycles. The summed E-state index contributed by atoms with van der Waals surface area (Å²) >= 11 is 0. The van der Waals surface area contributed by atoms with E-state index in [1.54, 1.807) is 16.8 Å². The number of hydrogen-bond donors (Lipinski definition) is 1. The third-order valence-corrected chi connectivity index (χ3v) is 5.95. The predicted molar refractivity (Wildman–Crippen MR) is 109 cm³/mol. The molecule has 6 heteroatoms. The van der Waals surface area contributed by atoms with Gasteiger partial charge in [-0.25, -0.2) is 0 Å². The number of carbonyl (C=O) groups excluding carboxylic acids is 3. The number of likely N-dealkylation sites (tertiary alicyclic amines) is 1. The molecule has 1 N–H and O–H groups in total. The molecule has 0 radical (unpaired) electrons. The summed E-state index contributed by atoms with van der Waals surface area (Å²) < 4.78 is 0. The summed E-state index contributed by atoms with van der Waals surface area (Å²) in [6.07, 6.45) is 7.14. The minimum absolute atomic E-state index is 0.0481. The molecule has 1 aliphatic heterocycles. The molecule has 3 rings (SSSR count). The third kappa shape index (κ3) is 4.91. The van der Waals surface area contributed by atoms with Crippen molar-refractivity contribution in [2.45, 2.75) is 57.4 Å². The fourth-order valence-electron chi connectivity index (χ4n) is 4.26. The van der Waals surface area contributed by atoms with Crippen molar-refractivity contribution in [2.24, 2.45) is 5.92 Å². The molecule has 1 aromatic rings. The van der Waals surface area contributed by atoms with Gasteiger partial charge in [-0.15, -0.1) is 0 Å². The van der Waals surface area contributed by atoms with E-state index in [-0.39, 0.29) is 42.6 Å². The third-order valence-electron chi connectivity index (χ3n) is 5.95. The maximum atomic E-state index is 12.8. The molecule has 1 atom stereocenters. The zero-order valence-electron chi connectivity index (χ0n) is 16.7. The van der Waals surface area contributed by atoms with Crippen LogP contribution in [0.25, 0.3) is 0 Å². The molecule has 0 aromatic heterocycles. The van der Waals surface area contributed by atoms with E-state index in [1.165, 1.54) is 6.42 Å². The van der Waals surface area contributed by atoms with Crippen molar-refractivity contribution in [3.63, 3.8) is 0 Å². The van der Waals surface area contributed by atoms with Gasteiger partial charge in [0.2, 0.25) is 17.7 Å². The summed E-state index contributed by atoms with van der Waals surface area (Å²) in [6, 6.07) is 9.06. The lowest BCUT2D eigenvalue weighted by molar-refractivity contribution is -0.142. The van der Waals surface area contributed by atoms with Crippen molar-refractivity contribution < 1.29 is 14.4 Å². The van der Waals surface area contributed by atoms with E-state index in [9.17, 15) is 14.4 Å². The fourth-order valence-corrected chi connectivity index (χ4v) is 4.26. The Balaban J connectivity index is 1.47. The van der Waals surface area contributed by atoms with Gasteiger partial charge >= 0.3 is 0 Å². The SMILES string of the molecule is CN(C(=O)CCNC(=O)C1CCCN1C(=O)C1CCCCC1)c1ccccc1. The molecule has 1 aromatic carbocycles. The van der Waals surface area contributed by atoms with Crippen LogP contribution in [0.5, 0.6) is 0 Å². The van der Waals surface area contributed by atoms with E-state index >= 15 is 0 Å². The summed E-state index contributed by atoms with van der Waals surface area (Å²) in [5.41, 5.74) is 0.832. The van der Waals surface area contributed by atoms with Gasteiger partial charge in [-0.1, -0.05) is 37.5 Å². The second kappa shape index (κ2) is 9.71. The van der Waals surface area contributed by atoms with Crippen molar-refractivity contribution in [3.05, 3.63) is 30.3 Å². The molecule has 0 bridgehead atoms. The molecule has 0 spiro atoms. The van der Waals surface area contributed by atoms with Crippen LogP contribution in [0.1, 0.15) is 51.4 Å². The first kappa shape index (κ1) is 20.4. The zero-order chi connectivity index (χ0) is 19.9. The topological polar surface area (TPSA) is 69.7 Å². The minimum atomic E-state index is -0.378. The van der Waals surface area contributed by atoms with Crippen LogP contribution in [-0.2, 0) is 14.4 Å². The van der Waals surface area contributed by atoms with Crippen LogP contribution < -0.4 is 10.2 Å². The van der Waals surface area contributed by atoms with Crippen LogP contribution in [0.2, 0.25) is 0 Å². The predicted octanol–water partition coefficient (Wildman–Crippen LogP) is 2.73. The first-order chi connectivity index (χ1) is 13.6. The molecule has 3 amide bonds. The Hall–Kier alpha value is -2.37. The van der Waals surface area contributed by atoms with Crippen LogP contribution in [0.4, 0.5) is 5.69 Å². The van der Waals surface area contributed by atoms with Gasteiger partial charge in [-0.2, -0.15) is 0 Å². The lowest BCUT2D eigenvalue weighted by atomic mass is 9.88. The number of benzene rings is 1. The second-order valence-corrected chi connectivity index (χ2v) is 7.85. The summed E-state index contributed by atoms with van der Waals surface area (Å²) in [5, 5.41) is 2.87. The van der Waals surface area contributed by atoms with Crippen LogP contribution in [0.15, 0.2) is 30.3 Å². The monoisotopic (exact) mass is 385 g/mol.